The Kier molecular flexibility index (Phi) is 3.20. The first kappa shape index (κ1) is 13.4. The Morgan fingerprint density at radius 2 is 1.83 bits per heavy atom. The van der Waals surface area contributed by atoms with Gasteiger partial charge in [0.2, 0.25) is 0 Å². The first-order valence-electron chi connectivity index (χ1n) is 7.26. The largest absolute Gasteiger partial charge is 0.259 e. The summed E-state index contributed by atoms with van der Waals surface area (Å²) in [6.07, 6.45) is 3.35. The summed E-state index contributed by atoms with van der Waals surface area (Å²) in [6, 6.07) is 16.1. The Labute approximate surface area is 132 Å². The second-order valence-corrected chi connectivity index (χ2v) is 5.27. The molecule has 0 atom stereocenters. The van der Waals surface area contributed by atoms with Crippen LogP contribution in [0.1, 0.15) is 11.1 Å². The number of hydrazone groups is 1. The molecule has 0 amide bonds. The minimum Gasteiger partial charge on any atom is -0.259 e. The summed E-state index contributed by atoms with van der Waals surface area (Å²) < 4.78 is 1.64. The second-order valence-electron chi connectivity index (χ2n) is 5.27. The molecule has 0 aliphatic rings. The smallest absolute Gasteiger partial charge is 0.185 e. The predicted molar refractivity (Wildman–Crippen MR) is 90.7 cm³/mol. The average Bonchev–Trinajstić information content (AvgIpc) is 3.05. The van der Waals surface area contributed by atoms with Gasteiger partial charge in [-0.15, -0.1) is 15.3 Å². The fourth-order valence-electron chi connectivity index (χ4n) is 2.43. The molecule has 0 fully saturated rings. The summed E-state index contributed by atoms with van der Waals surface area (Å²) in [6.45, 7) is 2.06. The van der Waals surface area contributed by atoms with Crippen LogP contribution in [-0.2, 0) is 0 Å². The highest BCUT2D eigenvalue weighted by Crippen LogP contribution is 2.23. The van der Waals surface area contributed by atoms with E-state index in [1.54, 1.807) is 17.1 Å². The molecule has 4 rings (SSSR count). The number of hydrogen-bond donors (Lipinski definition) is 1. The lowest BCUT2D eigenvalue weighted by atomic mass is 10.2. The standard InChI is InChI=1S/C17H14N6/c1-12-6-8-13(9-7-12)10-18-20-16-14-4-2-3-5-15(14)17-21-19-11-23(17)22-16/h2-11H,1H3,(H,20,22)/b18-10+. The van der Waals surface area contributed by atoms with Gasteiger partial charge in [0.1, 0.15) is 6.33 Å². The van der Waals surface area contributed by atoms with E-state index in [0.717, 1.165) is 22.0 Å². The molecule has 0 saturated carbocycles. The minimum atomic E-state index is 0.663. The van der Waals surface area contributed by atoms with Gasteiger partial charge < -0.3 is 0 Å². The molecule has 0 radical (unpaired) electrons. The molecule has 112 valence electrons. The van der Waals surface area contributed by atoms with Crippen LogP contribution in [0.25, 0.3) is 16.4 Å². The maximum Gasteiger partial charge on any atom is 0.185 e. The SMILES string of the molecule is Cc1ccc(/C=N/Nc2nn3cnnc3c3ccccc23)cc1. The monoisotopic (exact) mass is 302 g/mol. The molecule has 2 heterocycles. The summed E-state index contributed by atoms with van der Waals surface area (Å²) in [7, 11) is 0. The third kappa shape index (κ3) is 2.50. The van der Waals surface area contributed by atoms with Crippen molar-refractivity contribution in [2.45, 2.75) is 6.92 Å². The van der Waals surface area contributed by atoms with Gasteiger partial charge in [0.05, 0.1) is 6.21 Å². The van der Waals surface area contributed by atoms with E-state index in [1.807, 2.05) is 36.4 Å². The predicted octanol–water partition coefficient (Wildman–Crippen LogP) is 3.03. The molecule has 23 heavy (non-hydrogen) atoms. The van der Waals surface area contributed by atoms with Crippen molar-refractivity contribution in [2.24, 2.45) is 5.10 Å². The molecule has 2 aromatic carbocycles. The van der Waals surface area contributed by atoms with E-state index in [1.165, 1.54) is 5.56 Å². The Balaban J connectivity index is 1.71. The number of anilines is 1. The van der Waals surface area contributed by atoms with Gasteiger partial charge in [0.25, 0.3) is 0 Å². The third-order valence-corrected chi connectivity index (χ3v) is 3.62. The van der Waals surface area contributed by atoms with E-state index in [9.17, 15) is 0 Å². The van der Waals surface area contributed by atoms with Crippen LogP contribution in [0.15, 0.2) is 60.0 Å². The zero-order valence-corrected chi connectivity index (χ0v) is 12.5. The number of aromatic nitrogens is 4. The van der Waals surface area contributed by atoms with Gasteiger partial charge in [-0.05, 0) is 12.5 Å². The summed E-state index contributed by atoms with van der Waals surface area (Å²) in [4.78, 5) is 0. The van der Waals surface area contributed by atoms with Crippen LogP contribution >= 0.6 is 0 Å². The first-order chi connectivity index (χ1) is 11.3. The highest BCUT2D eigenvalue weighted by Gasteiger charge is 2.08. The number of rotatable bonds is 3. The number of nitrogens with zero attached hydrogens (tertiary/aromatic N) is 5. The molecular weight excluding hydrogens is 288 g/mol. The second kappa shape index (κ2) is 5.49. The van der Waals surface area contributed by atoms with Crippen molar-refractivity contribution >= 4 is 28.5 Å². The Morgan fingerprint density at radius 1 is 1.04 bits per heavy atom. The Morgan fingerprint density at radius 3 is 2.65 bits per heavy atom. The summed E-state index contributed by atoms with van der Waals surface area (Å²) in [5.74, 6) is 0.663. The zero-order chi connectivity index (χ0) is 15.6. The topological polar surface area (TPSA) is 67.5 Å². The normalized spacial score (nSPS) is 11.5. The van der Waals surface area contributed by atoms with Crippen LogP contribution in [0, 0.1) is 6.92 Å². The van der Waals surface area contributed by atoms with Crippen LogP contribution in [0.3, 0.4) is 0 Å². The van der Waals surface area contributed by atoms with Gasteiger partial charge in [-0.25, -0.2) is 0 Å². The van der Waals surface area contributed by atoms with Gasteiger partial charge in [-0.3, -0.25) is 5.43 Å². The summed E-state index contributed by atoms with van der Waals surface area (Å²) in [5, 5.41) is 18.7. The minimum absolute atomic E-state index is 0.663. The van der Waals surface area contributed by atoms with Crippen molar-refractivity contribution in [3.05, 3.63) is 66.0 Å². The van der Waals surface area contributed by atoms with E-state index < -0.39 is 0 Å². The maximum absolute atomic E-state index is 4.48. The van der Waals surface area contributed by atoms with Crippen LogP contribution in [0.2, 0.25) is 0 Å². The molecule has 1 N–H and O–H groups in total. The van der Waals surface area contributed by atoms with Crippen molar-refractivity contribution in [3.63, 3.8) is 0 Å². The molecule has 0 bridgehead atoms. The van der Waals surface area contributed by atoms with E-state index in [0.29, 0.717) is 5.82 Å². The average molecular weight is 302 g/mol. The molecule has 0 saturated heterocycles. The lowest BCUT2D eigenvalue weighted by molar-refractivity contribution is 0.934. The zero-order valence-electron chi connectivity index (χ0n) is 12.5. The van der Waals surface area contributed by atoms with Gasteiger partial charge in [-0.1, -0.05) is 54.1 Å². The van der Waals surface area contributed by atoms with Gasteiger partial charge in [0.15, 0.2) is 11.5 Å². The van der Waals surface area contributed by atoms with Crippen molar-refractivity contribution in [1.82, 2.24) is 19.8 Å². The quantitative estimate of drug-likeness (QED) is 0.466. The molecular formula is C17H14N6. The molecule has 6 heteroatoms. The first-order valence-corrected chi connectivity index (χ1v) is 7.26. The van der Waals surface area contributed by atoms with Crippen LogP contribution in [-0.4, -0.2) is 26.0 Å². The highest BCUT2D eigenvalue weighted by molar-refractivity contribution is 5.99. The van der Waals surface area contributed by atoms with Crippen molar-refractivity contribution in [3.8, 4) is 0 Å². The van der Waals surface area contributed by atoms with Gasteiger partial charge in [-0.2, -0.15) is 9.62 Å². The fourth-order valence-corrected chi connectivity index (χ4v) is 2.43. The molecule has 0 spiro atoms. The van der Waals surface area contributed by atoms with E-state index in [2.05, 4.69) is 44.9 Å². The van der Waals surface area contributed by atoms with E-state index in [4.69, 9.17) is 0 Å². The number of benzene rings is 2. The van der Waals surface area contributed by atoms with Crippen molar-refractivity contribution in [1.29, 1.82) is 0 Å². The molecule has 6 nitrogen and oxygen atoms in total. The fraction of sp³-hybridized carbons (Fsp3) is 0.0588. The number of fused-ring (bicyclic) bond motifs is 3. The highest BCUT2D eigenvalue weighted by atomic mass is 15.4. The number of hydrogen-bond acceptors (Lipinski definition) is 5. The lowest BCUT2D eigenvalue weighted by Crippen LogP contribution is -2.00. The summed E-state index contributed by atoms with van der Waals surface area (Å²) in [5.41, 5.74) is 5.99. The lowest BCUT2D eigenvalue weighted by Gasteiger charge is -2.05. The summed E-state index contributed by atoms with van der Waals surface area (Å²) >= 11 is 0. The van der Waals surface area contributed by atoms with Crippen LogP contribution < -0.4 is 5.43 Å². The van der Waals surface area contributed by atoms with E-state index >= 15 is 0 Å². The molecule has 0 aliphatic heterocycles. The molecule has 0 unspecified atom stereocenters. The Hall–Kier alpha value is -3.28. The molecule has 4 aromatic rings. The number of aryl methyl sites for hydroxylation is 1. The van der Waals surface area contributed by atoms with Crippen molar-refractivity contribution in [2.75, 3.05) is 5.43 Å². The van der Waals surface area contributed by atoms with Crippen LogP contribution in [0.4, 0.5) is 5.82 Å². The third-order valence-electron chi connectivity index (χ3n) is 3.62. The maximum atomic E-state index is 4.48. The Bertz CT molecular complexity index is 1000. The number of nitrogens with one attached hydrogen (secondary N) is 1. The van der Waals surface area contributed by atoms with Gasteiger partial charge in [0, 0.05) is 10.8 Å². The molecule has 2 aromatic heterocycles. The molecule has 0 aliphatic carbocycles. The van der Waals surface area contributed by atoms with Gasteiger partial charge >= 0.3 is 0 Å². The van der Waals surface area contributed by atoms with E-state index in [-0.39, 0.29) is 0 Å². The van der Waals surface area contributed by atoms with Crippen molar-refractivity contribution < 1.29 is 0 Å². The van der Waals surface area contributed by atoms with Crippen LogP contribution in [0.5, 0.6) is 0 Å².